The molecule has 138 valence electrons. The smallest absolute Gasteiger partial charge is 0.416 e. The zero-order valence-corrected chi connectivity index (χ0v) is 13.7. The van der Waals surface area contributed by atoms with Gasteiger partial charge in [-0.2, -0.15) is 13.2 Å². The van der Waals surface area contributed by atoms with Crippen molar-refractivity contribution >= 4 is 17.8 Å². The van der Waals surface area contributed by atoms with E-state index >= 15 is 0 Å². The lowest BCUT2D eigenvalue weighted by Crippen LogP contribution is -2.42. The Labute approximate surface area is 142 Å². The summed E-state index contributed by atoms with van der Waals surface area (Å²) in [5.74, 6) is -2.00. The average molecular weight is 361 g/mol. The number of halogens is 3. The Kier molecular flexibility index (Phi) is 7.41. The van der Waals surface area contributed by atoms with Gasteiger partial charge in [-0.3, -0.25) is 9.59 Å². The number of hydrogen-bond donors (Lipinski definition) is 1. The molecule has 1 amide bonds. The van der Waals surface area contributed by atoms with Gasteiger partial charge in [-0.25, -0.2) is 4.79 Å². The second-order valence-electron chi connectivity index (χ2n) is 5.13. The quantitative estimate of drug-likeness (QED) is 0.750. The number of esters is 2. The van der Waals surface area contributed by atoms with Gasteiger partial charge in [-0.05, 0) is 18.1 Å². The van der Waals surface area contributed by atoms with E-state index in [1.54, 1.807) is 0 Å². The minimum Gasteiger partial charge on any atom is -0.469 e. The van der Waals surface area contributed by atoms with Gasteiger partial charge in [0.2, 0.25) is 5.91 Å². The van der Waals surface area contributed by atoms with E-state index in [0.717, 1.165) is 19.2 Å². The molecule has 0 fully saturated rings. The molecule has 25 heavy (non-hydrogen) atoms. The molecule has 0 saturated heterocycles. The van der Waals surface area contributed by atoms with Crippen LogP contribution in [0, 0.1) is 0 Å². The van der Waals surface area contributed by atoms with Crippen molar-refractivity contribution in [3.05, 3.63) is 35.4 Å². The first kappa shape index (κ1) is 20.5. The molecule has 0 bridgehead atoms. The molecule has 6 nitrogen and oxygen atoms in total. The molecular formula is C16H18F3NO5. The third kappa shape index (κ3) is 6.82. The molecule has 0 aliphatic heterocycles. The van der Waals surface area contributed by atoms with E-state index in [0.29, 0.717) is 0 Å². The van der Waals surface area contributed by atoms with Crippen LogP contribution in [0.1, 0.15) is 24.0 Å². The predicted octanol–water partition coefficient (Wildman–Crippen LogP) is 1.86. The molecule has 0 aliphatic carbocycles. The van der Waals surface area contributed by atoms with Crippen LogP contribution in [0.5, 0.6) is 0 Å². The highest BCUT2D eigenvalue weighted by atomic mass is 19.4. The van der Waals surface area contributed by atoms with Gasteiger partial charge in [-0.15, -0.1) is 0 Å². The van der Waals surface area contributed by atoms with Crippen LogP contribution in [0.4, 0.5) is 13.2 Å². The number of benzene rings is 1. The van der Waals surface area contributed by atoms with Crippen LogP contribution < -0.4 is 5.32 Å². The second kappa shape index (κ2) is 9.05. The number of hydrogen-bond acceptors (Lipinski definition) is 5. The Morgan fingerprint density at radius 2 is 1.84 bits per heavy atom. The van der Waals surface area contributed by atoms with Crippen LogP contribution in [-0.4, -0.2) is 38.1 Å². The predicted molar refractivity (Wildman–Crippen MR) is 80.3 cm³/mol. The van der Waals surface area contributed by atoms with Gasteiger partial charge >= 0.3 is 18.1 Å². The van der Waals surface area contributed by atoms with E-state index in [4.69, 9.17) is 0 Å². The van der Waals surface area contributed by atoms with Crippen molar-refractivity contribution in [1.29, 1.82) is 0 Å². The van der Waals surface area contributed by atoms with E-state index in [-0.39, 0.29) is 24.8 Å². The summed E-state index contributed by atoms with van der Waals surface area (Å²) in [4.78, 5) is 34.8. The molecule has 0 saturated carbocycles. The summed E-state index contributed by atoms with van der Waals surface area (Å²) in [6, 6.07) is 3.23. The fourth-order valence-electron chi connectivity index (χ4n) is 2.04. The number of rotatable bonds is 7. The van der Waals surface area contributed by atoms with E-state index in [9.17, 15) is 27.6 Å². The lowest BCUT2D eigenvalue weighted by atomic mass is 10.1. The zero-order chi connectivity index (χ0) is 19.0. The monoisotopic (exact) mass is 361 g/mol. The zero-order valence-electron chi connectivity index (χ0n) is 13.7. The van der Waals surface area contributed by atoms with Crippen molar-refractivity contribution in [3.8, 4) is 0 Å². The third-order valence-corrected chi connectivity index (χ3v) is 3.30. The van der Waals surface area contributed by atoms with Crippen LogP contribution in [0.25, 0.3) is 0 Å². The van der Waals surface area contributed by atoms with Crippen molar-refractivity contribution in [2.45, 2.75) is 31.5 Å². The Morgan fingerprint density at radius 3 is 2.40 bits per heavy atom. The minimum absolute atomic E-state index is 0.0479. The molecule has 0 spiro atoms. The maximum Gasteiger partial charge on any atom is 0.416 e. The van der Waals surface area contributed by atoms with E-state index < -0.39 is 35.6 Å². The number of methoxy groups -OCH3 is 2. The summed E-state index contributed by atoms with van der Waals surface area (Å²) in [7, 11) is 2.30. The molecular weight excluding hydrogens is 343 g/mol. The third-order valence-electron chi connectivity index (χ3n) is 3.30. The molecule has 0 heterocycles. The number of nitrogens with one attached hydrogen (secondary N) is 1. The minimum atomic E-state index is -4.51. The maximum atomic E-state index is 12.7. The Bertz CT molecular complexity index is 630. The maximum absolute atomic E-state index is 12.7. The number of carbonyl (C=O) groups is 3. The molecule has 0 unspecified atom stereocenters. The highest BCUT2D eigenvalue weighted by Crippen LogP contribution is 2.29. The van der Waals surface area contributed by atoms with Gasteiger partial charge < -0.3 is 14.8 Å². The fourth-order valence-corrected chi connectivity index (χ4v) is 2.04. The highest BCUT2D eigenvalue weighted by molar-refractivity contribution is 5.86. The molecule has 1 N–H and O–H groups in total. The van der Waals surface area contributed by atoms with E-state index in [1.165, 1.54) is 19.2 Å². The molecule has 0 aromatic heterocycles. The molecule has 1 atom stereocenters. The number of amides is 1. The van der Waals surface area contributed by atoms with Crippen molar-refractivity contribution < 1.29 is 37.0 Å². The van der Waals surface area contributed by atoms with E-state index in [2.05, 4.69) is 14.8 Å². The lowest BCUT2D eigenvalue weighted by Gasteiger charge is -2.16. The molecule has 0 aliphatic rings. The number of carbonyl (C=O) groups excluding carboxylic acids is 3. The molecule has 1 rings (SSSR count). The summed E-state index contributed by atoms with van der Waals surface area (Å²) in [6.45, 7) is 0. The SMILES string of the molecule is COC(=O)CC[C@H](NC(=O)Cc1cccc(C(F)(F)F)c1)C(=O)OC. The van der Waals surface area contributed by atoms with Gasteiger partial charge in [0, 0.05) is 6.42 Å². The van der Waals surface area contributed by atoms with Crippen molar-refractivity contribution in [2.24, 2.45) is 0 Å². The normalized spacial score (nSPS) is 12.2. The van der Waals surface area contributed by atoms with Gasteiger partial charge in [0.25, 0.3) is 0 Å². The van der Waals surface area contributed by atoms with E-state index in [1.807, 2.05) is 0 Å². The van der Waals surface area contributed by atoms with Gasteiger partial charge in [0.15, 0.2) is 0 Å². The molecule has 0 radical (unpaired) electrons. The first-order chi connectivity index (χ1) is 11.7. The Balaban J connectivity index is 2.74. The number of ether oxygens (including phenoxy) is 2. The first-order valence-electron chi connectivity index (χ1n) is 7.27. The largest absolute Gasteiger partial charge is 0.469 e. The standard InChI is InChI=1S/C16H18F3NO5/c1-24-14(22)7-6-12(15(23)25-2)20-13(21)9-10-4-3-5-11(8-10)16(17,18)19/h3-5,8,12H,6-7,9H2,1-2H3,(H,20,21)/t12-/m0/s1. The number of alkyl halides is 3. The summed E-state index contributed by atoms with van der Waals surface area (Å²) >= 11 is 0. The van der Waals surface area contributed by atoms with Crippen LogP contribution in [-0.2, 0) is 36.5 Å². The van der Waals surface area contributed by atoms with Crippen LogP contribution >= 0.6 is 0 Å². The summed E-state index contributed by atoms with van der Waals surface area (Å²) < 4.78 is 47.0. The molecule has 1 aromatic rings. The van der Waals surface area contributed by atoms with Gasteiger partial charge in [0.1, 0.15) is 6.04 Å². The Hall–Kier alpha value is -2.58. The first-order valence-corrected chi connectivity index (χ1v) is 7.27. The second-order valence-corrected chi connectivity index (χ2v) is 5.13. The molecule has 9 heteroatoms. The lowest BCUT2D eigenvalue weighted by molar-refractivity contribution is -0.146. The average Bonchev–Trinajstić information content (AvgIpc) is 2.56. The summed E-state index contributed by atoms with van der Waals surface area (Å²) in [5.41, 5.74) is -0.725. The van der Waals surface area contributed by atoms with Crippen molar-refractivity contribution in [2.75, 3.05) is 14.2 Å². The van der Waals surface area contributed by atoms with Gasteiger partial charge in [-0.1, -0.05) is 18.2 Å². The van der Waals surface area contributed by atoms with Crippen molar-refractivity contribution in [3.63, 3.8) is 0 Å². The van der Waals surface area contributed by atoms with Crippen LogP contribution in [0.2, 0.25) is 0 Å². The Morgan fingerprint density at radius 1 is 1.16 bits per heavy atom. The van der Waals surface area contributed by atoms with Crippen LogP contribution in [0.3, 0.4) is 0 Å². The fraction of sp³-hybridized carbons (Fsp3) is 0.438. The van der Waals surface area contributed by atoms with Crippen LogP contribution in [0.15, 0.2) is 24.3 Å². The summed E-state index contributed by atoms with van der Waals surface area (Å²) in [6.07, 6.45) is -5.04. The van der Waals surface area contributed by atoms with Gasteiger partial charge in [0.05, 0.1) is 26.2 Å². The summed E-state index contributed by atoms with van der Waals surface area (Å²) in [5, 5.41) is 2.35. The molecule has 1 aromatic carbocycles. The highest BCUT2D eigenvalue weighted by Gasteiger charge is 2.30. The van der Waals surface area contributed by atoms with Crippen molar-refractivity contribution in [1.82, 2.24) is 5.32 Å². The topological polar surface area (TPSA) is 81.7 Å².